The highest BCUT2D eigenvalue weighted by Gasteiger charge is 2.10. The summed E-state index contributed by atoms with van der Waals surface area (Å²) >= 11 is 0. The van der Waals surface area contributed by atoms with Gasteiger partial charge in [0.1, 0.15) is 5.82 Å². The zero-order valence-corrected chi connectivity index (χ0v) is 14.1. The normalized spacial score (nSPS) is 10.7. The third kappa shape index (κ3) is 3.56. The van der Waals surface area contributed by atoms with Crippen molar-refractivity contribution in [3.63, 3.8) is 0 Å². The van der Waals surface area contributed by atoms with Crippen molar-refractivity contribution < 1.29 is 14.7 Å². The predicted octanol–water partition coefficient (Wildman–Crippen LogP) is 1.52. The summed E-state index contributed by atoms with van der Waals surface area (Å²) in [6.07, 6.45) is 0.686. The number of carbonyl (C=O) groups is 2. The highest BCUT2D eigenvalue weighted by molar-refractivity contribution is 5.94. The first-order valence-electron chi connectivity index (χ1n) is 7.88. The summed E-state index contributed by atoms with van der Waals surface area (Å²) < 4.78 is 1.66. The molecular formula is C17H18N6O3. The van der Waals surface area contributed by atoms with Crippen LogP contribution in [0.25, 0.3) is 16.9 Å². The standard InChI is InChI=1S/C17H18N6O3/c1-22(17(25)26)8-7-19-14-5-6-15-20-10-13(23(15)21-14)11-3-2-4-12(9-11)16(18)24/h2-6,9-10H,7-8H2,1H3,(H2,18,24)(H,19,21)(H,25,26). The molecule has 0 unspecified atom stereocenters. The lowest BCUT2D eigenvalue weighted by molar-refractivity contribution is 0.1000. The van der Waals surface area contributed by atoms with E-state index in [4.69, 9.17) is 10.8 Å². The van der Waals surface area contributed by atoms with Gasteiger partial charge in [-0.05, 0) is 24.3 Å². The van der Waals surface area contributed by atoms with Gasteiger partial charge in [-0.2, -0.15) is 0 Å². The van der Waals surface area contributed by atoms with Crippen LogP contribution in [0, 0.1) is 0 Å². The molecule has 3 aromatic rings. The van der Waals surface area contributed by atoms with Crippen molar-refractivity contribution >= 4 is 23.5 Å². The second-order valence-electron chi connectivity index (χ2n) is 5.71. The Morgan fingerprint density at radius 3 is 2.85 bits per heavy atom. The molecule has 2 amide bonds. The molecule has 0 aliphatic heterocycles. The molecule has 0 aliphatic rings. The zero-order chi connectivity index (χ0) is 18.7. The Balaban J connectivity index is 1.85. The van der Waals surface area contributed by atoms with Gasteiger partial charge in [0.2, 0.25) is 5.91 Å². The van der Waals surface area contributed by atoms with E-state index in [2.05, 4.69) is 15.4 Å². The van der Waals surface area contributed by atoms with Crippen LogP contribution in [0.3, 0.4) is 0 Å². The summed E-state index contributed by atoms with van der Waals surface area (Å²) in [4.78, 5) is 27.7. The minimum absolute atomic E-state index is 0.326. The fourth-order valence-corrected chi connectivity index (χ4v) is 2.44. The Morgan fingerprint density at radius 2 is 2.12 bits per heavy atom. The van der Waals surface area contributed by atoms with Crippen LogP contribution in [0.4, 0.5) is 10.6 Å². The number of aromatic nitrogens is 3. The first-order chi connectivity index (χ1) is 12.5. The van der Waals surface area contributed by atoms with E-state index in [-0.39, 0.29) is 0 Å². The lowest BCUT2D eigenvalue weighted by Crippen LogP contribution is -2.30. The third-order valence-corrected chi connectivity index (χ3v) is 3.89. The smallest absolute Gasteiger partial charge is 0.407 e. The first kappa shape index (κ1) is 17.2. The van der Waals surface area contributed by atoms with Crippen molar-refractivity contribution in [2.24, 2.45) is 5.73 Å². The van der Waals surface area contributed by atoms with Crippen molar-refractivity contribution in [3.8, 4) is 11.3 Å². The van der Waals surface area contributed by atoms with Crippen LogP contribution in [0.15, 0.2) is 42.6 Å². The summed E-state index contributed by atoms with van der Waals surface area (Å²) in [7, 11) is 1.50. The van der Waals surface area contributed by atoms with Gasteiger partial charge in [0.15, 0.2) is 5.65 Å². The van der Waals surface area contributed by atoms with E-state index in [1.165, 1.54) is 11.9 Å². The molecule has 4 N–H and O–H groups in total. The highest BCUT2D eigenvalue weighted by Crippen LogP contribution is 2.22. The average molecular weight is 354 g/mol. The maximum Gasteiger partial charge on any atom is 0.407 e. The fourth-order valence-electron chi connectivity index (χ4n) is 2.44. The van der Waals surface area contributed by atoms with Crippen LogP contribution >= 0.6 is 0 Å². The zero-order valence-electron chi connectivity index (χ0n) is 14.1. The van der Waals surface area contributed by atoms with Gasteiger partial charge in [-0.15, -0.1) is 5.10 Å². The van der Waals surface area contributed by atoms with Crippen molar-refractivity contribution in [3.05, 3.63) is 48.2 Å². The molecule has 2 heterocycles. The number of benzene rings is 1. The Morgan fingerprint density at radius 1 is 1.31 bits per heavy atom. The van der Waals surface area contributed by atoms with Crippen molar-refractivity contribution in [2.45, 2.75) is 0 Å². The Kier molecular flexibility index (Phi) is 4.70. The predicted molar refractivity (Wildman–Crippen MR) is 96.1 cm³/mol. The number of rotatable bonds is 6. The van der Waals surface area contributed by atoms with Crippen molar-refractivity contribution in [2.75, 3.05) is 25.5 Å². The van der Waals surface area contributed by atoms with Crippen LogP contribution in [0.5, 0.6) is 0 Å². The number of amides is 2. The van der Waals surface area contributed by atoms with Gasteiger partial charge in [0.25, 0.3) is 0 Å². The molecule has 2 aromatic heterocycles. The van der Waals surface area contributed by atoms with Gasteiger partial charge >= 0.3 is 6.09 Å². The summed E-state index contributed by atoms with van der Waals surface area (Å²) in [6, 6.07) is 10.5. The molecule has 26 heavy (non-hydrogen) atoms. The second-order valence-corrected chi connectivity index (χ2v) is 5.71. The SMILES string of the molecule is CN(CCNc1ccc2ncc(-c3cccc(C(N)=O)c3)n2n1)C(=O)O. The first-order valence-corrected chi connectivity index (χ1v) is 7.88. The van der Waals surface area contributed by atoms with Gasteiger partial charge in [-0.25, -0.2) is 14.3 Å². The Bertz CT molecular complexity index is 968. The molecule has 9 nitrogen and oxygen atoms in total. The van der Waals surface area contributed by atoms with Crippen LogP contribution in [0.2, 0.25) is 0 Å². The molecule has 3 rings (SSSR count). The number of nitrogens with two attached hydrogens (primary N) is 1. The molecule has 9 heteroatoms. The number of fused-ring (bicyclic) bond motifs is 1. The maximum absolute atomic E-state index is 11.4. The molecule has 0 aliphatic carbocycles. The lowest BCUT2D eigenvalue weighted by atomic mass is 10.1. The number of hydrogen-bond donors (Lipinski definition) is 3. The molecular weight excluding hydrogens is 336 g/mol. The van der Waals surface area contributed by atoms with E-state index in [0.717, 1.165) is 11.3 Å². The molecule has 0 bridgehead atoms. The van der Waals surface area contributed by atoms with Gasteiger partial charge < -0.3 is 21.1 Å². The number of nitrogens with zero attached hydrogens (tertiary/aromatic N) is 4. The minimum atomic E-state index is -0.985. The average Bonchev–Trinajstić information content (AvgIpc) is 3.05. The molecule has 0 saturated heterocycles. The van der Waals surface area contributed by atoms with Crippen molar-refractivity contribution in [1.29, 1.82) is 0 Å². The molecule has 0 atom stereocenters. The summed E-state index contributed by atoms with van der Waals surface area (Å²) in [5.74, 6) is 0.0835. The molecule has 0 radical (unpaired) electrons. The topological polar surface area (TPSA) is 126 Å². The number of carbonyl (C=O) groups excluding carboxylic acids is 1. The second kappa shape index (κ2) is 7.09. The number of anilines is 1. The fraction of sp³-hybridized carbons (Fsp3) is 0.176. The minimum Gasteiger partial charge on any atom is -0.465 e. The van der Waals surface area contributed by atoms with E-state index in [0.29, 0.717) is 30.1 Å². The van der Waals surface area contributed by atoms with Crippen LogP contribution in [-0.4, -0.2) is 56.7 Å². The monoisotopic (exact) mass is 354 g/mol. The van der Waals surface area contributed by atoms with Crippen LogP contribution < -0.4 is 11.1 Å². The number of carboxylic acid groups (broad SMARTS) is 1. The Hall–Kier alpha value is -3.62. The quantitative estimate of drug-likeness (QED) is 0.616. The molecule has 0 fully saturated rings. The number of nitrogens with one attached hydrogen (secondary N) is 1. The number of primary amides is 1. The van der Waals surface area contributed by atoms with Gasteiger partial charge in [0.05, 0.1) is 11.9 Å². The Labute approximate surface area is 149 Å². The molecule has 134 valence electrons. The van der Waals surface area contributed by atoms with Gasteiger partial charge in [-0.1, -0.05) is 12.1 Å². The van der Waals surface area contributed by atoms with E-state index in [1.54, 1.807) is 41.0 Å². The van der Waals surface area contributed by atoms with Crippen molar-refractivity contribution in [1.82, 2.24) is 19.5 Å². The largest absolute Gasteiger partial charge is 0.465 e. The van der Waals surface area contributed by atoms with Gasteiger partial charge in [-0.3, -0.25) is 4.79 Å². The van der Waals surface area contributed by atoms with Gasteiger partial charge in [0, 0.05) is 31.3 Å². The summed E-state index contributed by atoms with van der Waals surface area (Å²) in [5, 5.41) is 16.4. The highest BCUT2D eigenvalue weighted by atomic mass is 16.4. The summed E-state index contributed by atoms with van der Waals surface area (Å²) in [6.45, 7) is 0.745. The van der Waals surface area contributed by atoms with Crippen LogP contribution in [-0.2, 0) is 0 Å². The molecule has 1 aromatic carbocycles. The third-order valence-electron chi connectivity index (χ3n) is 3.89. The number of hydrogen-bond acceptors (Lipinski definition) is 5. The van der Waals surface area contributed by atoms with Crippen LogP contribution in [0.1, 0.15) is 10.4 Å². The van der Waals surface area contributed by atoms with E-state index in [1.807, 2.05) is 6.07 Å². The summed E-state index contributed by atoms with van der Waals surface area (Å²) in [5.41, 5.74) is 7.88. The number of likely N-dealkylation sites (N-methyl/N-ethyl adjacent to an activating group) is 1. The van der Waals surface area contributed by atoms with E-state index >= 15 is 0 Å². The maximum atomic E-state index is 11.4. The van der Waals surface area contributed by atoms with E-state index in [9.17, 15) is 9.59 Å². The molecule has 0 saturated carbocycles. The number of imidazole rings is 1. The van der Waals surface area contributed by atoms with E-state index < -0.39 is 12.0 Å². The lowest BCUT2D eigenvalue weighted by Gasteiger charge is -2.13. The molecule has 0 spiro atoms.